The zero-order chi connectivity index (χ0) is 13.7. The molecule has 3 N–H and O–H groups in total. The molecule has 0 fully saturated rings. The summed E-state index contributed by atoms with van der Waals surface area (Å²) in [5, 5.41) is 2.72. The van der Waals surface area contributed by atoms with Crippen molar-refractivity contribution < 1.29 is 4.79 Å². The maximum atomic E-state index is 11.7. The zero-order valence-corrected chi connectivity index (χ0v) is 10.2. The van der Waals surface area contributed by atoms with Gasteiger partial charge in [-0.05, 0) is 18.2 Å². The summed E-state index contributed by atoms with van der Waals surface area (Å²) in [6.45, 7) is 0.292. The Morgan fingerprint density at radius 2 is 2.21 bits per heavy atom. The summed E-state index contributed by atoms with van der Waals surface area (Å²) >= 11 is 0. The van der Waals surface area contributed by atoms with Gasteiger partial charge < -0.3 is 11.1 Å². The predicted molar refractivity (Wildman–Crippen MR) is 72.6 cm³/mol. The lowest BCUT2D eigenvalue weighted by Gasteiger charge is -2.07. The van der Waals surface area contributed by atoms with Crippen molar-refractivity contribution in [2.75, 3.05) is 11.1 Å². The highest BCUT2D eigenvalue weighted by molar-refractivity contribution is 5.91. The largest absolute Gasteiger partial charge is 0.399 e. The number of rotatable bonds is 4. The normalized spacial score (nSPS) is 10.1. The van der Waals surface area contributed by atoms with Crippen molar-refractivity contribution >= 4 is 17.3 Å². The second kappa shape index (κ2) is 5.81. The van der Waals surface area contributed by atoms with E-state index in [9.17, 15) is 9.59 Å². The molecule has 6 nitrogen and oxygen atoms in total. The summed E-state index contributed by atoms with van der Waals surface area (Å²) in [5.41, 5.74) is 6.67. The zero-order valence-electron chi connectivity index (χ0n) is 10.2. The molecule has 0 spiro atoms. The Morgan fingerprint density at radius 3 is 2.95 bits per heavy atom. The number of nitrogens with zero attached hydrogens (tertiary/aromatic N) is 2. The first-order valence-electron chi connectivity index (χ1n) is 5.81. The number of carbonyl (C=O) groups is 1. The molecule has 6 heteroatoms. The molecule has 0 aliphatic carbocycles. The number of nitrogen functional groups attached to an aromatic ring is 1. The van der Waals surface area contributed by atoms with Crippen molar-refractivity contribution in [3.63, 3.8) is 0 Å². The van der Waals surface area contributed by atoms with Gasteiger partial charge in [0.25, 0.3) is 5.56 Å². The summed E-state index contributed by atoms with van der Waals surface area (Å²) in [6.07, 6.45) is 3.03. The van der Waals surface area contributed by atoms with Crippen LogP contribution >= 0.6 is 0 Å². The van der Waals surface area contributed by atoms with Crippen molar-refractivity contribution in [1.82, 2.24) is 9.55 Å². The van der Waals surface area contributed by atoms with E-state index in [4.69, 9.17) is 5.73 Å². The molecule has 0 saturated heterocycles. The highest BCUT2D eigenvalue weighted by Crippen LogP contribution is 2.11. The Hall–Kier alpha value is -2.63. The second-order valence-corrected chi connectivity index (χ2v) is 4.04. The molecule has 0 aliphatic rings. The number of nitrogens with two attached hydrogens (primary N) is 1. The van der Waals surface area contributed by atoms with Gasteiger partial charge in [-0.15, -0.1) is 0 Å². The fourth-order valence-electron chi connectivity index (χ4n) is 1.61. The first kappa shape index (κ1) is 12.8. The highest BCUT2D eigenvalue weighted by atomic mass is 16.1. The van der Waals surface area contributed by atoms with Crippen molar-refractivity contribution in [2.45, 2.75) is 13.0 Å². The summed E-state index contributed by atoms with van der Waals surface area (Å²) in [5.74, 6) is -0.179. The molecule has 2 aromatic rings. The molecule has 1 amide bonds. The number of hydrogen-bond acceptors (Lipinski definition) is 4. The monoisotopic (exact) mass is 258 g/mol. The molecule has 0 unspecified atom stereocenters. The van der Waals surface area contributed by atoms with E-state index in [1.165, 1.54) is 23.2 Å². The van der Waals surface area contributed by atoms with Gasteiger partial charge in [0.1, 0.15) is 0 Å². The van der Waals surface area contributed by atoms with Crippen LogP contribution in [0.15, 0.2) is 47.7 Å². The molecule has 0 radical (unpaired) electrons. The van der Waals surface area contributed by atoms with Crippen LogP contribution in [0.4, 0.5) is 11.4 Å². The van der Waals surface area contributed by atoms with Crippen LogP contribution in [0.25, 0.3) is 0 Å². The third-order valence-electron chi connectivity index (χ3n) is 2.54. The van der Waals surface area contributed by atoms with Crippen molar-refractivity contribution in [3.05, 3.63) is 53.2 Å². The lowest BCUT2D eigenvalue weighted by Crippen LogP contribution is -2.22. The average molecular weight is 258 g/mol. The summed E-state index contributed by atoms with van der Waals surface area (Å²) < 4.78 is 1.39. The molecule has 0 atom stereocenters. The van der Waals surface area contributed by atoms with E-state index in [0.29, 0.717) is 17.9 Å². The molecule has 1 aromatic heterocycles. The molecule has 19 heavy (non-hydrogen) atoms. The van der Waals surface area contributed by atoms with Crippen LogP contribution in [0.2, 0.25) is 0 Å². The van der Waals surface area contributed by atoms with Gasteiger partial charge in [-0.25, -0.2) is 4.98 Å². The Labute approximate surface area is 109 Å². The van der Waals surface area contributed by atoms with Gasteiger partial charge in [-0.3, -0.25) is 14.2 Å². The standard InChI is InChI=1S/C13H14N4O2/c14-10-2-1-3-11(8-10)16-12(18)5-7-17-9-15-6-4-13(17)19/h1-4,6,8-9H,5,7,14H2,(H,16,18). The van der Waals surface area contributed by atoms with Gasteiger partial charge in [0.05, 0.1) is 6.33 Å². The van der Waals surface area contributed by atoms with Crippen LogP contribution in [0.3, 0.4) is 0 Å². The number of carbonyl (C=O) groups excluding carboxylic acids is 1. The molecule has 0 aliphatic heterocycles. The fourth-order valence-corrected chi connectivity index (χ4v) is 1.61. The van der Waals surface area contributed by atoms with Crippen LogP contribution < -0.4 is 16.6 Å². The van der Waals surface area contributed by atoms with Gasteiger partial charge in [0.2, 0.25) is 5.91 Å². The van der Waals surface area contributed by atoms with E-state index in [2.05, 4.69) is 10.3 Å². The van der Waals surface area contributed by atoms with E-state index in [1.54, 1.807) is 24.3 Å². The van der Waals surface area contributed by atoms with Crippen LogP contribution in [-0.4, -0.2) is 15.5 Å². The van der Waals surface area contributed by atoms with E-state index >= 15 is 0 Å². The number of hydrogen-bond donors (Lipinski definition) is 2. The molecular weight excluding hydrogens is 244 g/mol. The van der Waals surface area contributed by atoms with Gasteiger partial charge in [0, 0.05) is 36.6 Å². The Kier molecular flexibility index (Phi) is 3.92. The number of nitrogens with one attached hydrogen (secondary N) is 1. The highest BCUT2D eigenvalue weighted by Gasteiger charge is 2.04. The molecule has 0 saturated carbocycles. The van der Waals surface area contributed by atoms with Crippen molar-refractivity contribution in [3.8, 4) is 0 Å². The number of benzene rings is 1. The van der Waals surface area contributed by atoms with Gasteiger partial charge in [0.15, 0.2) is 0 Å². The van der Waals surface area contributed by atoms with Crippen molar-refractivity contribution in [1.29, 1.82) is 0 Å². The average Bonchev–Trinajstić information content (AvgIpc) is 2.38. The maximum Gasteiger partial charge on any atom is 0.253 e. The second-order valence-electron chi connectivity index (χ2n) is 4.04. The number of anilines is 2. The Morgan fingerprint density at radius 1 is 1.37 bits per heavy atom. The first-order valence-corrected chi connectivity index (χ1v) is 5.81. The molecule has 98 valence electrons. The third-order valence-corrected chi connectivity index (χ3v) is 2.54. The van der Waals surface area contributed by atoms with Gasteiger partial charge >= 0.3 is 0 Å². The van der Waals surface area contributed by atoms with Gasteiger partial charge in [-0.1, -0.05) is 6.07 Å². The van der Waals surface area contributed by atoms with E-state index in [-0.39, 0.29) is 17.9 Å². The lowest BCUT2D eigenvalue weighted by molar-refractivity contribution is -0.116. The van der Waals surface area contributed by atoms with Crippen molar-refractivity contribution in [2.24, 2.45) is 0 Å². The van der Waals surface area contributed by atoms with E-state index in [1.807, 2.05) is 0 Å². The summed E-state index contributed by atoms with van der Waals surface area (Å²) in [4.78, 5) is 27.0. The minimum absolute atomic E-state index is 0.174. The van der Waals surface area contributed by atoms with Crippen LogP contribution in [0.5, 0.6) is 0 Å². The SMILES string of the molecule is Nc1cccc(NC(=O)CCn2cnccc2=O)c1. The maximum absolute atomic E-state index is 11.7. The predicted octanol–water partition coefficient (Wildman–Crippen LogP) is 0.854. The number of amides is 1. The minimum Gasteiger partial charge on any atom is -0.399 e. The topological polar surface area (TPSA) is 90.0 Å². The quantitative estimate of drug-likeness (QED) is 0.796. The number of aromatic nitrogens is 2. The summed E-state index contributed by atoms with van der Waals surface area (Å²) in [7, 11) is 0. The van der Waals surface area contributed by atoms with Crippen LogP contribution in [-0.2, 0) is 11.3 Å². The number of aryl methyl sites for hydroxylation is 1. The first-order chi connectivity index (χ1) is 9.15. The Bertz CT molecular complexity index is 636. The van der Waals surface area contributed by atoms with Gasteiger partial charge in [-0.2, -0.15) is 0 Å². The lowest BCUT2D eigenvalue weighted by atomic mass is 10.2. The van der Waals surface area contributed by atoms with E-state index < -0.39 is 0 Å². The fraction of sp³-hybridized carbons (Fsp3) is 0.154. The van der Waals surface area contributed by atoms with Crippen LogP contribution in [0.1, 0.15) is 6.42 Å². The van der Waals surface area contributed by atoms with Crippen LogP contribution in [0, 0.1) is 0 Å². The molecule has 1 aromatic carbocycles. The summed E-state index contributed by atoms with van der Waals surface area (Å²) in [6, 6.07) is 8.29. The molecule has 0 bridgehead atoms. The smallest absolute Gasteiger partial charge is 0.253 e. The molecule has 1 heterocycles. The molecular formula is C13H14N4O2. The minimum atomic E-state index is -0.179. The third kappa shape index (κ3) is 3.67. The Balaban J connectivity index is 1.92. The molecule has 2 rings (SSSR count). The van der Waals surface area contributed by atoms with E-state index in [0.717, 1.165) is 0 Å².